The summed E-state index contributed by atoms with van der Waals surface area (Å²) in [5.41, 5.74) is 1.61. The largest absolute Gasteiger partial charge is 0.465 e. The molecule has 3 rings (SSSR count). The zero-order valence-electron chi connectivity index (χ0n) is 9.64. The van der Waals surface area contributed by atoms with Crippen LogP contribution in [0.15, 0.2) is 41.3 Å². The second-order valence-corrected chi connectivity index (χ2v) is 3.95. The lowest BCUT2D eigenvalue weighted by Gasteiger charge is -2.04. The van der Waals surface area contributed by atoms with Gasteiger partial charge in [0.05, 0.1) is 23.7 Å². The van der Waals surface area contributed by atoms with E-state index in [1.165, 1.54) is 11.5 Å². The van der Waals surface area contributed by atoms with E-state index in [9.17, 15) is 9.59 Å². The number of aromatic amines is 1. The van der Waals surface area contributed by atoms with Crippen LogP contribution in [0.5, 0.6) is 0 Å². The Bertz CT molecular complexity index is 814. The summed E-state index contributed by atoms with van der Waals surface area (Å²) in [5, 5.41) is 0.882. The Morgan fingerprint density at radius 1 is 1.33 bits per heavy atom. The van der Waals surface area contributed by atoms with Crippen LogP contribution in [0.3, 0.4) is 0 Å². The van der Waals surface area contributed by atoms with Gasteiger partial charge in [0.2, 0.25) is 0 Å². The number of hydrogen-bond acceptors (Lipinski definition) is 3. The molecule has 0 saturated heterocycles. The molecular formula is C13H10N2O3. The maximum atomic E-state index is 11.8. The molecule has 0 atom stereocenters. The van der Waals surface area contributed by atoms with Crippen LogP contribution in [-0.4, -0.2) is 22.5 Å². The first-order valence-corrected chi connectivity index (χ1v) is 5.42. The SMILES string of the molecule is COC(=O)c1ccc2c(c1)[nH]c(=O)n1cccc21. The van der Waals surface area contributed by atoms with E-state index in [0.29, 0.717) is 11.1 Å². The Morgan fingerprint density at radius 2 is 2.17 bits per heavy atom. The molecule has 2 aromatic heterocycles. The van der Waals surface area contributed by atoms with Gasteiger partial charge in [-0.2, -0.15) is 0 Å². The molecule has 0 aliphatic rings. The van der Waals surface area contributed by atoms with Crippen molar-refractivity contribution in [2.75, 3.05) is 7.11 Å². The number of aromatic nitrogens is 2. The van der Waals surface area contributed by atoms with E-state index in [1.54, 1.807) is 30.5 Å². The molecule has 0 bridgehead atoms. The van der Waals surface area contributed by atoms with E-state index >= 15 is 0 Å². The van der Waals surface area contributed by atoms with Gasteiger partial charge >= 0.3 is 11.7 Å². The predicted octanol–water partition coefficient (Wildman–Crippen LogP) is 1.57. The molecule has 3 aromatic rings. The van der Waals surface area contributed by atoms with Crippen LogP contribution in [0.1, 0.15) is 10.4 Å². The summed E-state index contributed by atoms with van der Waals surface area (Å²) in [5.74, 6) is -0.423. The summed E-state index contributed by atoms with van der Waals surface area (Å²) >= 11 is 0. The fourth-order valence-corrected chi connectivity index (χ4v) is 2.07. The van der Waals surface area contributed by atoms with Crippen LogP contribution in [0.2, 0.25) is 0 Å². The number of carbonyl (C=O) groups excluding carboxylic acids is 1. The number of benzene rings is 1. The molecule has 1 N–H and O–H groups in total. The third-order valence-electron chi connectivity index (χ3n) is 2.93. The lowest BCUT2D eigenvalue weighted by Crippen LogP contribution is -2.15. The zero-order valence-corrected chi connectivity index (χ0v) is 9.64. The Labute approximate surface area is 102 Å². The smallest absolute Gasteiger partial charge is 0.337 e. The number of esters is 1. The topological polar surface area (TPSA) is 63.6 Å². The number of rotatable bonds is 1. The third-order valence-corrected chi connectivity index (χ3v) is 2.93. The van der Waals surface area contributed by atoms with E-state index in [1.807, 2.05) is 6.07 Å². The predicted molar refractivity (Wildman–Crippen MR) is 66.9 cm³/mol. The molecular weight excluding hydrogens is 232 g/mol. The van der Waals surface area contributed by atoms with Crippen LogP contribution in [0.25, 0.3) is 16.4 Å². The number of carbonyl (C=O) groups is 1. The molecule has 5 heteroatoms. The number of nitrogens with zero attached hydrogens (tertiary/aromatic N) is 1. The molecule has 0 fully saturated rings. The lowest BCUT2D eigenvalue weighted by atomic mass is 10.1. The average Bonchev–Trinajstić information content (AvgIpc) is 2.87. The quantitative estimate of drug-likeness (QED) is 0.659. The van der Waals surface area contributed by atoms with Gasteiger partial charge in [0, 0.05) is 11.6 Å². The van der Waals surface area contributed by atoms with Gasteiger partial charge < -0.3 is 9.72 Å². The molecule has 0 aliphatic carbocycles. The average molecular weight is 242 g/mol. The normalized spacial score (nSPS) is 10.9. The lowest BCUT2D eigenvalue weighted by molar-refractivity contribution is 0.0601. The van der Waals surface area contributed by atoms with Gasteiger partial charge in [-0.05, 0) is 30.3 Å². The Hall–Kier alpha value is -2.56. The van der Waals surface area contributed by atoms with Gasteiger partial charge in [-0.25, -0.2) is 9.59 Å². The van der Waals surface area contributed by atoms with E-state index in [-0.39, 0.29) is 5.69 Å². The standard InChI is InChI=1S/C13H10N2O3/c1-18-12(16)8-4-5-9-10(7-8)14-13(17)15-6-2-3-11(9)15/h2-7H,1H3,(H,14,17). The second-order valence-electron chi connectivity index (χ2n) is 3.95. The van der Waals surface area contributed by atoms with Gasteiger partial charge in [0.15, 0.2) is 0 Å². The molecule has 1 aromatic carbocycles. The number of nitrogens with one attached hydrogen (secondary N) is 1. The van der Waals surface area contributed by atoms with Gasteiger partial charge in [-0.1, -0.05) is 0 Å². The maximum Gasteiger partial charge on any atom is 0.337 e. The van der Waals surface area contributed by atoms with Crippen LogP contribution in [0, 0.1) is 0 Å². The van der Waals surface area contributed by atoms with Crippen LogP contribution in [0.4, 0.5) is 0 Å². The highest BCUT2D eigenvalue weighted by Crippen LogP contribution is 2.18. The minimum absolute atomic E-state index is 0.232. The third kappa shape index (κ3) is 1.41. The summed E-state index contributed by atoms with van der Waals surface area (Å²) < 4.78 is 6.18. The summed E-state index contributed by atoms with van der Waals surface area (Å²) in [7, 11) is 1.32. The summed E-state index contributed by atoms with van der Waals surface area (Å²) in [4.78, 5) is 26.0. The molecule has 18 heavy (non-hydrogen) atoms. The van der Waals surface area contributed by atoms with Crippen LogP contribution in [-0.2, 0) is 4.74 Å². The van der Waals surface area contributed by atoms with Crippen molar-refractivity contribution in [3.05, 3.63) is 52.6 Å². The monoisotopic (exact) mass is 242 g/mol. The number of hydrogen-bond donors (Lipinski definition) is 1. The van der Waals surface area contributed by atoms with E-state index < -0.39 is 5.97 Å². The highest BCUT2D eigenvalue weighted by atomic mass is 16.5. The fraction of sp³-hybridized carbons (Fsp3) is 0.0769. The highest BCUT2D eigenvalue weighted by Gasteiger charge is 2.09. The minimum Gasteiger partial charge on any atom is -0.465 e. The fourth-order valence-electron chi connectivity index (χ4n) is 2.07. The molecule has 0 spiro atoms. The van der Waals surface area contributed by atoms with E-state index in [0.717, 1.165) is 10.9 Å². The number of fused-ring (bicyclic) bond motifs is 3. The first-order chi connectivity index (χ1) is 8.70. The number of methoxy groups -OCH3 is 1. The van der Waals surface area contributed by atoms with Crippen molar-refractivity contribution in [3.8, 4) is 0 Å². The van der Waals surface area contributed by atoms with Crippen molar-refractivity contribution < 1.29 is 9.53 Å². The minimum atomic E-state index is -0.423. The highest BCUT2D eigenvalue weighted by molar-refractivity contribution is 5.99. The Morgan fingerprint density at radius 3 is 2.94 bits per heavy atom. The van der Waals surface area contributed by atoms with Crippen molar-refractivity contribution in [2.24, 2.45) is 0 Å². The van der Waals surface area contributed by atoms with Crippen molar-refractivity contribution in [3.63, 3.8) is 0 Å². The Balaban J connectivity index is 2.39. The van der Waals surface area contributed by atoms with Gasteiger partial charge in [0.1, 0.15) is 0 Å². The van der Waals surface area contributed by atoms with Crippen molar-refractivity contribution in [1.82, 2.24) is 9.38 Å². The van der Waals surface area contributed by atoms with Gasteiger partial charge in [-0.15, -0.1) is 0 Å². The number of H-pyrrole nitrogens is 1. The zero-order chi connectivity index (χ0) is 12.7. The van der Waals surface area contributed by atoms with E-state index in [2.05, 4.69) is 9.72 Å². The van der Waals surface area contributed by atoms with Crippen LogP contribution >= 0.6 is 0 Å². The van der Waals surface area contributed by atoms with Gasteiger partial charge in [0.25, 0.3) is 0 Å². The molecule has 0 saturated carbocycles. The maximum absolute atomic E-state index is 11.8. The number of ether oxygens (including phenoxy) is 1. The first-order valence-electron chi connectivity index (χ1n) is 5.42. The molecule has 0 aliphatic heterocycles. The summed E-state index contributed by atoms with van der Waals surface area (Å²) in [6.45, 7) is 0. The molecule has 0 unspecified atom stereocenters. The van der Waals surface area contributed by atoms with Crippen LogP contribution < -0.4 is 5.69 Å². The van der Waals surface area contributed by atoms with E-state index in [4.69, 9.17) is 0 Å². The summed E-state index contributed by atoms with van der Waals surface area (Å²) in [6.07, 6.45) is 1.70. The van der Waals surface area contributed by atoms with Crippen molar-refractivity contribution in [2.45, 2.75) is 0 Å². The summed E-state index contributed by atoms with van der Waals surface area (Å²) in [6, 6.07) is 8.76. The van der Waals surface area contributed by atoms with Crippen molar-refractivity contribution >= 4 is 22.4 Å². The molecule has 90 valence electrons. The molecule has 2 heterocycles. The molecule has 5 nitrogen and oxygen atoms in total. The second kappa shape index (κ2) is 3.73. The Kier molecular flexibility index (Phi) is 2.19. The molecule has 0 amide bonds. The van der Waals surface area contributed by atoms with Crippen molar-refractivity contribution in [1.29, 1.82) is 0 Å². The first kappa shape index (κ1) is 10.6. The molecule has 0 radical (unpaired) electrons. The van der Waals surface area contributed by atoms with Gasteiger partial charge in [-0.3, -0.25) is 4.40 Å².